The fourth-order valence-corrected chi connectivity index (χ4v) is 2.88. The number of amides is 1. The van der Waals surface area contributed by atoms with Crippen LogP contribution in [-0.2, 0) is 0 Å². The van der Waals surface area contributed by atoms with E-state index < -0.39 is 0 Å². The highest BCUT2D eigenvalue weighted by molar-refractivity contribution is 5.93. The maximum absolute atomic E-state index is 12.3. The summed E-state index contributed by atoms with van der Waals surface area (Å²) in [6, 6.07) is 2.74. The maximum atomic E-state index is 12.3. The lowest BCUT2D eigenvalue weighted by Gasteiger charge is -2.19. The monoisotopic (exact) mass is 262 g/mol. The molecule has 3 N–H and O–H groups in total. The summed E-state index contributed by atoms with van der Waals surface area (Å²) in [6.45, 7) is 1.86. The predicted molar refractivity (Wildman–Crippen MR) is 75.1 cm³/mol. The average Bonchev–Trinajstić information content (AvgIpc) is 3.04. The molecule has 1 saturated carbocycles. The van der Waals surface area contributed by atoms with E-state index in [4.69, 9.17) is 5.73 Å². The molecule has 5 nitrogen and oxygen atoms in total. The van der Waals surface area contributed by atoms with Crippen molar-refractivity contribution in [3.8, 4) is 0 Å². The van der Waals surface area contributed by atoms with Gasteiger partial charge in [0.2, 0.25) is 0 Å². The molecule has 2 fully saturated rings. The number of carbonyl (C=O) groups is 1. The number of aromatic nitrogens is 1. The molecule has 1 aromatic rings. The highest BCUT2D eigenvalue weighted by atomic mass is 16.1. The second-order valence-electron chi connectivity index (χ2n) is 5.78. The zero-order chi connectivity index (χ0) is 13.4. The van der Waals surface area contributed by atoms with Crippen molar-refractivity contribution in [2.75, 3.05) is 25.9 Å². The van der Waals surface area contributed by atoms with Gasteiger partial charge in [0.15, 0.2) is 0 Å². The Hall–Kier alpha value is -1.49. The van der Waals surface area contributed by atoms with E-state index in [0.29, 0.717) is 23.5 Å². The molecule has 1 atom stereocenters. The fraction of sp³-hybridized carbons (Fsp3) is 0.643. The molecule has 1 aromatic heterocycles. The summed E-state index contributed by atoms with van der Waals surface area (Å²) in [4.78, 5) is 14.6. The molecule has 19 heavy (non-hydrogen) atoms. The SMILES string of the molecule is CN1CCCC1CNC(=O)c1cc(N)cn1C1CC1. The summed E-state index contributed by atoms with van der Waals surface area (Å²) >= 11 is 0. The molecular formula is C14H22N4O. The Bertz CT molecular complexity index is 478. The van der Waals surface area contributed by atoms with E-state index in [2.05, 4.69) is 17.3 Å². The summed E-state index contributed by atoms with van der Waals surface area (Å²) in [5.74, 6) is 0.00361. The van der Waals surface area contributed by atoms with Crippen molar-refractivity contribution in [1.29, 1.82) is 0 Å². The largest absolute Gasteiger partial charge is 0.397 e. The summed E-state index contributed by atoms with van der Waals surface area (Å²) in [5.41, 5.74) is 7.20. The number of nitrogens with zero attached hydrogens (tertiary/aromatic N) is 2. The van der Waals surface area contributed by atoms with Crippen LogP contribution in [0.1, 0.15) is 42.2 Å². The third-order valence-corrected chi connectivity index (χ3v) is 4.21. The third-order valence-electron chi connectivity index (χ3n) is 4.21. The number of anilines is 1. The molecule has 1 unspecified atom stereocenters. The molecule has 2 heterocycles. The Morgan fingerprint density at radius 2 is 2.26 bits per heavy atom. The average molecular weight is 262 g/mol. The van der Waals surface area contributed by atoms with Crippen molar-refractivity contribution < 1.29 is 4.79 Å². The van der Waals surface area contributed by atoms with Gasteiger partial charge < -0.3 is 20.5 Å². The number of rotatable bonds is 4. The van der Waals surface area contributed by atoms with Gasteiger partial charge in [-0.1, -0.05) is 0 Å². The van der Waals surface area contributed by atoms with Crippen LogP contribution in [0.25, 0.3) is 0 Å². The van der Waals surface area contributed by atoms with Crippen molar-refractivity contribution in [2.45, 2.75) is 37.8 Å². The van der Waals surface area contributed by atoms with Crippen molar-refractivity contribution in [3.05, 3.63) is 18.0 Å². The molecule has 0 radical (unpaired) electrons. The van der Waals surface area contributed by atoms with Crippen LogP contribution in [0, 0.1) is 0 Å². The molecule has 104 valence electrons. The minimum absolute atomic E-state index is 0.00361. The summed E-state index contributed by atoms with van der Waals surface area (Å²) in [6.07, 6.45) is 6.58. The molecule has 1 aliphatic carbocycles. The number of nitrogens with two attached hydrogens (primary N) is 1. The normalized spacial score (nSPS) is 23.7. The Morgan fingerprint density at radius 3 is 2.89 bits per heavy atom. The van der Waals surface area contributed by atoms with Gasteiger partial charge in [0.1, 0.15) is 5.69 Å². The van der Waals surface area contributed by atoms with Gasteiger partial charge in [0.05, 0.1) is 5.69 Å². The zero-order valence-corrected chi connectivity index (χ0v) is 11.4. The van der Waals surface area contributed by atoms with Crippen LogP contribution in [-0.4, -0.2) is 41.6 Å². The summed E-state index contributed by atoms with van der Waals surface area (Å²) in [5, 5.41) is 3.05. The second kappa shape index (κ2) is 4.89. The smallest absolute Gasteiger partial charge is 0.268 e. The number of likely N-dealkylation sites (N-methyl/N-ethyl adjacent to an activating group) is 1. The molecular weight excluding hydrogens is 240 g/mol. The van der Waals surface area contributed by atoms with Gasteiger partial charge in [0.25, 0.3) is 5.91 Å². The van der Waals surface area contributed by atoms with Crippen LogP contribution < -0.4 is 11.1 Å². The van der Waals surface area contributed by atoms with Crippen LogP contribution in [0.2, 0.25) is 0 Å². The lowest BCUT2D eigenvalue weighted by atomic mass is 10.2. The van der Waals surface area contributed by atoms with Gasteiger partial charge in [0, 0.05) is 24.8 Å². The molecule has 1 aliphatic heterocycles. The van der Waals surface area contributed by atoms with E-state index in [9.17, 15) is 4.79 Å². The highest BCUT2D eigenvalue weighted by Crippen LogP contribution is 2.37. The number of hydrogen-bond donors (Lipinski definition) is 2. The topological polar surface area (TPSA) is 63.3 Å². The quantitative estimate of drug-likeness (QED) is 0.858. The first-order valence-corrected chi connectivity index (χ1v) is 7.11. The van der Waals surface area contributed by atoms with E-state index in [0.717, 1.165) is 25.9 Å². The minimum atomic E-state index is 0.00361. The molecule has 1 amide bonds. The Balaban J connectivity index is 1.63. The van der Waals surface area contributed by atoms with Crippen LogP contribution in [0.15, 0.2) is 12.3 Å². The van der Waals surface area contributed by atoms with Crippen molar-refractivity contribution in [3.63, 3.8) is 0 Å². The van der Waals surface area contributed by atoms with Crippen LogP contribution in [0.3, 0.4) is 0 Å². The lowest BCUT2D eigenvalue weighted by molar-refractivity contribution is 0.0934. The first-order chi connectivity index (χ1) is 9.15. The molecule has 5 heteroatoms. The van der Waals surface area contributed by atoms with Crippen LogP contribution in [0.5, 0.6) is 0 Å². The molecule has 0 bridgehead atoms. The number of nitrogen functional groups attached to an aromatic ring is 1. The van der Waals surface area contributed by atoms with Gasteiger partial charge in [-0.3, -0.25) is 4.79 Å². The number of likely N-dealkylation sites (tertiary alicyclic amines) is 1. The standard InChI is InChI=1S/C14H22N4O/c1-17-6-2-3-12(17)8-16-14(19)13-7-10(15)9-18(13)11-4-5-11/h7,9,11-12H,2-6,8,15H2,1H3,(H,16,19). The summed E-state index contributed by atoms with van der Waals surface area (Å²) in [7, 11) is 2.12. The van der Waals surface area contributed by atoms with E-state index in [1.807, 2.05) is 10.8 Å². The van der Waals surface area contributed by atoms with Gasteiger partial charge in [-0.15, -0.1) is 0 Å². The van der Waals surface area contributed by atoms with Crippen molar-refractivity contribution in [2.24, 2.45) is 0 Å². The lowest BCUT2D eigenvalue weighted by Crippen LogP contribution is -2.38. The Kier molecular flexibility index (Phi) is 3.22. The van der Waals surface area contributed by atoms with E-state index in [-0.39, 0.29) is 5.91 Å². The van der Waals surface area contributed by atoms with Crippen molar-refractivity contribution in [1.82, 2.24) is 14.8 Å². The van der Waals surface area contributed by atoms with E-state index >= 15 is 0 Å². The van der Waals surface area contributed by atoms with Gasteiger partial charge in [-0.25, -0.2) is 0 Å². The minimum Gasteiger partial charge on any atom is -0.397 e. The van der Waals surface area contributed by atoms with Gasteiger partial charge >= 0.3 is 0 Å². The first kappa shape index (κ1) is 12.5. The molecule has 0 aromatic carbocycles. The van der Waals surface area contributed by atoms with Crippen LogP contribution in [0.4, 0.5) is 5.69 Å². The number of nitrogens with one attached hydrogen (secondary N) is 1. The van der Waals surface area contributed by atoms with Crippen LogP contribution >= 0.6 is 0 Å². The maximum Gasteiger partial charge on any atom is 0.268 e. The second-order valence-corrected chi connectivity index (χ2v) is 5.78. The third kappa shape index (κ3) is 2.61. The summed E-state index contributed by atoms with van der Waals surface area (Å²) < 4.78 is 2.03. The molecule has 1 saturated heterocycles. The first-order valence-electron chi connectivity index (χ1n) is 7.11. The molecule has 2 aliphatic rings. The number of carbonyl (C=O) groups excluding carboxylic acids is 1. The zero-order valence-electron chi connectivity index (χ0n) is 11.4. The van der Waals surface area contributed by atoms with Gasteiger partial charge in [-0.05, 0) is 45.3 Å². The molecule has 3 rings (SSSR count). The van der Waals surface area contributed by atoms with Crippen molar-refractivity contribution >= 4 is 11.6 Å². The highest BCUT2D eigenvalue weighted by Gasteiger charge is 2.28. The van der Waals surface area contributed by atoms with E-state index in [1.54, 1.807) is 6.07 Å². The molecule has 0 spiro atoms. The van der Waals surface area contributed by atoms with Gasteiger partial charge in [-0.2, -0.15) is 0 Å². The fourth-order valence-electron chi connectivity index (χ4n) is 2.88. The van der Waals surface area contributed by atoms with E-state index in [1.165, 1.54) is 12.8 Å². The number of hydrogen-bond acceptors (Lipinski definition) is 3. The Labute approximate surface area is 113 Å². The predicted octanol–water partition coefficient (Wildman–Crippen LogP) is 1.23. The Morgan fingerprint density at radius 1 is 1.47 bits per heavy atom.